The van der Waals surface area contributed by atoms with Gasteiger partial charge >= 0.3 is 5.97 Å². The van der Waals surface area contributed by atoms with Crippen molar-refractivity contribution in [2.24, 2.45) is 0 Å². The second-order valence-corrected chi connectivity index (χ2v) is 2.07. The molecule has 0 bridgehead atoms. The smallest absolute Gasteiger partial charge is 0.309 e. The number of methoxy groups -OCH3 is 1. The van der Waals surface area contributed by atoms with Gasteiger partial charge in [0.15, 0.2) is 12.4 Å². The number of hydrogen-bond donors (Lipinski definition) is 0. The summed E-state index contributed by atoms with van der Waals surface area (Å²) >= 11 is 0. The molecule has 1 aliphatic heterocycles. The minimum absolute atomic E-state index is 0.180. The maximum absolute atomic E-state index is 10.5. The van der Waals surface area contributed by atoms with Gasteiger partial charge in [-0.15, -0.1) is 0 Å². The average Bonchev–Trinajstić information content (AvgIpc) is 2.30. The van der Waals surface area contributed by atoms with Gasteiger partial charge < -0.3 is 9.47 Å². The van der Waals surface area contributed by atoms with Crippen LogP contribution in [0.25, 0.3) is 0 Å². The fourth-order valence-electron chi connectivity index (χ4n) is 0.889. The molecule has 0 aliphatic carbocycles. The molecule has 1 fully saturated rings. The van der Waals surface area contributed by atoms with Crippen molar-refractivity contribution in [2.45, 2.75) is 18.6 Å². The first kappa shape index (κ1) is 7.21. The van der Waals surface area contributed by atoms with E-state index in [0.717, 1.165) is 0 Å². The molecule has 1 aliphatic rings. The van der Waals surface area contributed by atoms with E-state index in [2.05, 4.69) is 4.74 Å². The highest BCUT2D eigenvalue weighted by Crippen LogP contribution is 2.15. The molecular formula is C6H8O4. The zero-order valence-corrected chi connectivity index (χ0v) is 5.57. The normalized spacial score (nSPS) is 31.9. The molecule has 0 radical (unpaired) electrons. The molecule has 0 amide bonds. The standard InChI is InChI=1S/C6H8O4/c1-9-4-2-6(8)10-5(4)3-7/h3-5H,2H2,1H3. The lowest BCUT2D eigenvalue weighted by Crippen LogP contribution is -2.24. The molecular weight excluding hydrogens is 136 g/mol. The molecule has 0 saturated carbocycles. The van der Waals surface area contributed by atoms with E-state index in [0.29, 0.717) is 6.29 Å². The Kier molecular flexibility index (Phi) is 2.01. The van der Waals surface area contributed by atoms with Gasteiger partial charge in [-0.3, -0.25) is 9.59 Å². The van der Waals surface area contributed by atoms with Gasteiger partial charge in [-0.25, -0.2) is 0 Å². The van der Waals surface area contributed by atoms with Crippen LogP contribution < -0.4 is 0 Å². The molecule has 0 N–H and O–H groups in total. The number of hydrogen-bond acceptors (Lipinski definition) is 4. The first-order valence-electron chi connectivity index (χ1n) is 2.95. The van der Waals surface area contributed by atoms with Gasteiger partial charge in [0, 0.05) is 7.11 Å². The summed E-state index contributed by atoms with van der Waals surface area (Å²) < 4.78 is 9.39. The van der Waals surface area contributed by atoms with Gasteiger partial charge in [0.05, 0.1) is 6.42 Å². The van der Waals surface area contributed by atoms with Crippen molar-refractivity contribution < 1.29 is 19.1 Å². The Labute approximate surface area is 58.1 Å². The van der Waals surface area contributed by atoms with Gasteiger partial charge in [0.1, 0.15) is 6.10 Å². The van der Waals surface area contributed by atoms with Crippen LogP contribution in [0, 0.1) is 0 Å². The van der Waals surface area contributed by atoms with Gasteiger partial charge in [0.25, 0.3) is 0 Å². The third-order valence-electron chi connectivity index (χ3n) is 1.44. The lowest BCUT2D eigenvalue weighted by molar-refractivity contribution is -0.144. The van der Waals surface area contributed by atoms with Gasteiger partial charge in [-0.05, 0) is 0 Å². The molecule has 1 heterocycles. The summed E-state index contributed by atoms with van der Waals surface area (Å²) in [5.74, 6) is -0.371. The van der Waals surface area contributed by atoms with Crippen LogP contribution in [-0.2, 0) is 19.1 Å². The topological polar surface area (TPSA) is 52.6 Å². The summed E-state index contributed by atoms with van der Waals surface area (Å²) in [7, 11) is 1.45. The first-order chi connectivity index (χ1) is 4.77. The summed E-state index contributed by atoms with van der Waals surface area (Å²) in [5, 5.41) is 0. The highest BCUT2D eigenvalue weighted by molar-refractivity contribution is 5.77. The number of carbonyl (C=O) groups excluding carboxylic acids is 2. The fraction of sp³-hybridized carbons (Fsp3) is 0.667. The number of rotatable bonds is 2. The zero-order chi connectivity index (χ0) is 7.56. The molecule has 0 aromatic carbocycles. The SMILES string of the molecule is COC1CC(=O)OC1C=O. The van der Waals surface area contributed by atoms with Crippen LogP contribution in [0.5, 0.6) is 0 Å². The van der Waals surface area contributed by atoms with Crippen molar-refractivity contribution in [2.75, 3.05) is 7.11 Å². The van der Waals surface area contributed by atoms with E-state index < -0.39 is 6.10 Å². The van der Waals surface area contributed by atoms with E-state index in [4.69, 9.17) is 4.74 Å². The van der Waals surface area contributed by atoms with Crippen LogP contribution in [0.1, 0.15) is 6.42 Å². The maximum Gasteiger partial charge on any atom is 0.309 e. The Balaban J connectivity index is 2.56. The molecule has 1 saturated heterocycles. The highest BCUT2D eigenvalue weighted by Gasteiger charge is 2.34. The Hall–Kier alpha value is -0.900. The summed E-state index contributed by atoms with van der Waals surface area (Å²) in [6.07, 6.45) is -0.318. The van der Waals surface area contributed by atoms with E-state index in [-0.39, 0.29) is 18.5 Å². The molecule has 2 unspecified atom stereocenters. The van der Waals surface area contributed by atoms with E-state index in [1.54, 1.807) is 0 Å². The van der Waals surface area contributed by atoms with Crippen LogP contribution in [0.3, 0.4) is 0 Å². The molecule has 0 spiro atoms. The quantitative estimate of drug-likeness (QED) is 0.388. The van der Waals surface area contributed by atoms with Gasteiger partial charge in [-0.2, -0.15) is 0 Å². The van der Waals surface area contributed by atoms with Crippen molar-refractivity contribution in [3.63, 3.8) is 0 Å². The number of ether oxygens (including phenoxy) is 2. The number of aldehydes is 1. The molecule has 4 heteroatoms. The van der Waals surface area contributed by atoms with Gasteiger partial charge in [-0.1, -0.05) is 0 Å². The largest absolute Gasteiger partial charge is 0.452 e. The van der Waals surface area contributed by atoms with Crippen LogP contribution in [0.4, 0.5) is 0 Å². The lowest BCUT2D eigenvalue weighted by atomic mass is 10.2. The van der Waals surface area contributed by atoms with Crippen molar-refractivity contribution in [3.8, 4) is 0 Å². The third-order valence-corrected chi connectivity index (χ3v) is 1.44. The predicted octanol–water partition coefficient (Wildman–Crippen LogP) is -0.484. The summed E-state index contributed by atoms with van der Waals surface area (Å²) in [4.78, 5) is 20.7. The first-order valence-corrected chi connectivity index (χ1v) is 2.95. The Bertz CT molecular complexity index is 154. The maximum atomic E-state index is 10.5. The van der Waals surface area contributed by atoms with Crippen LogP contribution >= 0.6 is 0 Å². The Morgan fingerprint density at radius 1 is 1.80 bits per heavy atom. The second kappa shape index (κ2) is 2.79. The van der Waals surface area contributed by atoms with Crippen LogP contribution in [0.15, 0.2) is 0 Å². The molecule has 10 heavy (non-hydrogen) atoms. The summed E-state index contributed by atoms with van der Waals surface area (Å²) in [5.41, 5.74) is 0. The summed E-state index contributed by atoms with van der Waals surface area (Å²) in [6, 6.07) is 0. The number of esters is 1. The third kappa shape index (κ3) is 1.16. The minimum Gasteiger partial charge on any atom is -0.452 e. The molecule has 56 valence electrons. The molecule has 1 rings (SSSR count). The second-order valence-electron chi connectivity index (χ2n) is 2.07. The van der Waals surface area contributed by atoms with Crippen molar-refractivity contribution >= 4 is 12.3 Å². The number of carbonyl (C=O) groups is 2. The van der Waals surface area contributed by atoms with E-state index in [1.165, 1.54) is 7.11 Å². The molecule has 0 aromatic rings. The molecule has 0 aromatic heterocycles. The molecule has 4 nitrogen and oxygen atoms in total. The zero-order valence-electron chi connectivity index (χ0n) is 5.57. The van der Waals surface area contributed by atoms with Crippen molar-refractivity contribution in [1.82, 2.24) is 0 Å². The van der Waals surface area contributed by atoms with E-state index in [1.807, 2.05) is 0 Å². The van der Waals surface area contributed by atoms with E-state index >= 15 is 0 Å². The average molecular weight is 144 g/mol. The predicted molar refractivity (Wildman–Crippen MR) is 31.4 cm³/mol. The minimum atomic E-state index is -0.697. The van der Waals surface area contributed by atoms with Gasteiger partial charge in [0.2, 0.25) is 0 Å². The molecule has 2 atom stereocenters. The Morgan fingerprint density at radius 2 is 2.50 bits per heavy atom. The monoisotopic (exact) mass is 144 g/mol. The van der Waals surface area contributed by atoms with Crippen molar-refractivity contribution in [3.05, 3.63) is 0 Å². The fourth-order valence-corrected chi connectivity index (χ4v) is 0.889. The summed E-state index contributed by atoms with van der Waals surface area (Å²) in [6.45, 7) is 0. The number of cyclic esters (lactones) is 1. The highest BCUT2D eigenvalue weighted by atomic mass is 16.6. The van der Waals surface area contributed by atoms with E-state index in [9.17, 15) is 9.59 Å². The van der Waals surface area contributed by atoms with Crippen LogP contribution in [0.2, 0.25) is 0 Å². The Morgan fingerprint density at radius 3 is 2.90 bits per heavy atom. The lowest BCUT2D eigenvalue weighted by Gasteiger charge is -2.07. The van der Waals surface area contributed by atoms with Crippen LogP contribution in [-0.4, -0.2) is 31.6 Å². The van der Waals surface area contributed by atoms with Crippen molar-refractivity contribution in [1.29, 1.82) is 0 Å².